The zero-order chi connectivity index (χ0) is 18.1. The molecule has 0 spiro atoms. The van der Waals surface area contributed by atoms with Crippen molar-refractivity contribution in [2.45, 2.75) is 24.3 Å². The van der Waals surface area contributed by atoms with E-state index in [1.54, 1.807) is 0 Å². The summed E-state index contributed by atoms with van der Waals surface area (Å²) in [5, 5.41) is 0. The summed E-state index contributed by atoms with van der Waals surface area (Å²) >= 11 is 0. The highest BCUT2D eigenvalue weighted by Gasteiger charge is 2.56. The van der Waals surface area contributed by atoms with Crippen LogP contribution in [0.1, 0.15) is 12.0 Å². The van der Waals surface area contributed by atoms with Crippen LogP contribution in [0.25, 0.3) is 0 Å². The van der Waals surface area contributed by atoms with Crippen molar-refractivity contribution in [3.05, 3.63) is 29.8 Å². The molecule has 24 heavy (non-hydrogen) atoms. The van der Waals surface area contributed by atoms with Crippen molar-refractivity contribution < 1.29 is 36.6 Å². The Hall–Kier alpha value is -2.32. The first-order valence-corrected chi connectivity index (χ1v) is 6.92. The SMILES string of the molecule is COC(=O)[C@@H]1CC(F)(F)CN1C(=O)C(F)(F)c1ccccc1OC. The first-order valence-electron chi connectivity index (χ1n) is 6.92. The average Bonchev–Trinajstić information content (AvgIpc) is 2.88. The standard InChI is InChI=1S/C15H15F4NO4/c1-23-11-6-4-3-5-9(11)15(18,19)13(22)20-8-14(16,17)7-10(20)12(21)24-2/h3-6,10H,7-8H2,1-2H3/t10-/m0/s1. The molecular weight excluding hydrogens is 334 g/mol. The topological polar surface area (TPSA) is 55.8 Å². The van der Waals surface area contributed by atoms with Gasteiger partial charge in [-0.15, -0.1) is 0 Å². The Morgan fingerprint density at radius 1 is 1.25 bits per heavy atom. The smallest absolute Gasteiger partial charge is 0.353 e. The van der Waals surface area contributed by atoms with E-state index in [4.69, 9.17) is 4.74 Å². The molecule has 0 bridgehead atoms. The van der Waals surface area contributed by atoms with Gasteiger partial charge in [0, 0.05) is 6.42 Å². The molecule has 1 saturated heterocycles. The second-order valence-corrected chi connectivity index (χ2v) is 5.31. The van der Waals surface area contributed by atoms with Gasteiger partial charge in [-0.05, 0) is 12.1 Å². The van der Waals surface area contributed by atoms with E-state index in [0.717, 1.165) is 20.3 Å². The zero-order valence-corrected chi connectivity index (χ0v) is 12.9. The fourth-order valence-electron chi connectivity index (χ4n) is 2.58. The molecule has 1 atom stereocenters. The zero-order valence-electron chi connectivity index (χ0n) is 12.9. The number of halogens is 4. The number of esters is 1. The van der Waals surface area contributed by atoms with E-state index in [9.17, 15) is 27.2 Å². The third kappa shape index (κ3) is 3.15. The predicted molar refractivity (Wildman–Crippen MR) is 74.0 cm³/mol. The summed E-state index contributed by atoms with van der Waals surface area (Å²) in [5.41, 5.74) is -0.767. The lowest BCUT2D eigenvalue weighted by Gasteiger charge is -2.27. The summed E-state index contributed by atoms with van der Waals surface area (Å²) in [7, 11) is 2.07. The number of ether oxygens (including phenoxy) is 2. The Morgan fingerprint density at radius 2 is 1.88 bits per heavy atom. The summed E-state index contributed by atoms with van der Waals surface area (Å²) in [6.45, 7) is -1.28. The number of likely N-dealkylation sites (tertiary alicyclic amines) is 1. The minimum absolute atomic E-state index is 0.165. The number of amides is 1. The van der Waals surface area contributed by atoms with E-state index in [1.165, 1.54) is 18.2 Å². The van der Waals surface area contributed by atoms with Gasteiger partial charge in [0.25, 0.3) is 11.8 Å². The quantitative estimate of drug-likeness (QED) is 0.618. The predicted octanol–water partition coefficient (Wildman–Crippen LogP) is 2.20. The number of para-hydroxylation sites is 1. The van der Waals surface area contributed by atoms with Crippen LogP contribution in [-0.4, -0.2) is 49.5 Å². The van der Waals surface area contributed by atoms with Crippen LogP contribution in [0.4, 0.5) is 17.6 Å². The Morgan fingerprint density at radius 3 is 2.46 bits per heavy atom. The van der Waals surface area contributed by atoms with Gasteiger partial charge in [-0.2, -0.15) is 8.78 Å². The van der Waals surface area contributed by atoms with E-state index in [0.29, 0.717) is 0 Å². The first-order chi connectivity index (χ1) is 11.1. The molecule has 0 saturated carbocycles. The summed E-state index contributed by atoms with van der Waals surface area (Å²) in [6, 6.07) is 3.09. The van der Waals surface area contributed by atoms with Crippen LogP contribution in [0.3, 0.4) is 0 Å². The highest BCUT2D eigenvalue weighted by atomic mass is 19.3. The normalized spacial score (nSPS) is 19.9. The summed E-state index contributed by atoms with van der Waals surface area (Å²) in [6.07, 6.45) is -1.06. The van der Waals surface area contributed by atoms with Crippen LogP contribution in [0.5, 0.6) is 5.75 Å². The molecule has 1 fully saturated rings. The fraction of sp³-hybridized carbons (Fsp3) is 0.467. The van der Waals surface area contributed by atoms with Crippen LogP contribution in [0, 0.1) is 0 Å². The molecule has 1 aromatic carbocycles. The molecule has 1 aliphatic heterocycles. The number of alkyl halides is 4. The highest BCUT2D eigenvalue weighted by molar-refractivity contribution is 5.90. The molecular formula is C15H15F4NO4. The number of hydrogen-bond donors (Lipinski definition) is 0. The lowest BCUT2D eigenvalue weighted by Crippen LogP contribution is -2.48. The minimum Gasteiger partial charge on any atom is -0.496 e. The van der Waals surface area contributed by atoms with Crippen molar-refractivity contribution in [3.8, 4) is 5.75 Å². The van der Waals surface area contributed by atoms with Crippen LogP contribution in [0.2, 0.25) is 0 Å². The molecule has 5 nitrogen and oxygen atoms in total. The highest BCUT2D eigenvalue weighted by Crippen LogP contribution is 2.40. The third-order valence-corrected chi connectivity index (χ3v) is 3.72. The Bertz CT molecular complexity index is 650. The molecule has 2 rings (SSSR count). The molecule has 0 radical (unpaired) electrons. The van der Waals surface area contributed by atoms with E-state index < -0.39 is 48.3 Å². The van der Waals surface area contributed by atoms with Gasteiger partial charge in [-0.3, -0.25) is 4.79 Å². The van der Waals surface area contributed by atoms with E-state index in [2.05, 4.69) is 4.74 Å². The average molecular weight is 349 g/mol. The lowest BCUT2D eigenvalue weighted by atomic mass is 10.1. The maximum atomic E-state index is 14.6. The third-order valence-electron chi connectivity index (χ3n) is 3.72. The maximum Gasteiger partial charge on any atom is 0.353 e. The maximum absolute atomic E-state index is 14.6. The number of carbonyl (C=O) groups excluding carboxylic acids is 2. The van der Waals surface area contributed by atoms with Gasteiger partial charge in [0.05, 0.1) is 26.3 Å². The van der Waals surface area contributed by atoms with Gasteiger partial charge in [-0.1, -0.05) is 12.1 Å². The summed E-state index contributed by atoms with van der Waals surface area (Å²) < 4.78 is 65.4. The van der Waals surface area contributed by atoms with Gasteiger partial charge in [0.15, 0.2) is 0 Å². The van der Waals surface area contributed by atoms with E-state index in [-0.39, 0.29) is 10.6 Å². The monoisotopic (exact) mass is 349 g/mol. The molecule has 1 amide bonds. The molecule has 0 aliphatic carbocycles. The number of rotatable bonds is 4. The van der Waals surface area contributed by atoms with Crippen LogP contribution >= 0.6 is 0 Å². The van der Waals surface area contributed by atoms with E-state index in [1.807, 2.05) is 0 Å². The van der Waals surface area contributed by atoms with Gasteiger partial charge in [0.2, 0.25) is 0 Å². The van der Waals surface area contributed by atoms with E-state index >= 15 is 0 Å². The number of nitrogens with zero attached hydrogens (tertiary/aromatic N) is 1. The van der Waals surface area contributed by atoms with Gasteiger partial charge in [0.1, 0.15) is 11.8 Å². The Balaban J connectivity index is 2.39. The van der Waals surface area contributed by atoms with Crippen molar-refractivity contribution in [3.63, 3.8) is 0 Å². The molecule has 1 aromatic rings. The number of carbonyl (C=O) groups is 2. The second-order valence-electron chi connectivity index (χ2n) is 5.31. The van der Waals surface area contributed by atoms with Crippen molar-refractivity contribution >= 4 is 11.9 Å². The molecule has 1 aliphatic rings. The van der Waals surface area contributed by atoms with Gasteiger partial charge < -0.3 is 14.4 Å². The van der Waals surface area contributed by atoms with Gasteiger partial charge in [-0.25, -0.2) is 13.6 Å². The largest absolute Gasteiger partial charge is 0.496 e. The van der Waals surface area contributed by atoms with Crippen LogP contribution < -0.4 is 4.74 Å². The molecule has 0 aromatic heterocycles. The van der Waals surface area contributed by atoms with Crippen LogP contribution in [0.15, 0.2) is 24.3 Å². The Labute approximate surface area is 135 Å². The minimum atomic E-state index is -4.14. The van der Waals surface area contributed by atoms with Gasteiger partial charge >= 0.3 is 11.9 Å². The van der Waals surface area contributed by atoms with Crippen molar-refractivity contribution in [1.82, 2.24) is 4.90 Å². The van der Waals surface area contributed by atoms with Crippen molar-refractivity contribution in [2.24, 2.45) is 0 Å². The number of benzene rings is 1. The van der Waals surface area contributed by atoms with Crippen molar-refractivity contribution in [1.29, 1.82) is 0 Å². The molecule has 1 heterocycles. The molecule has 132 valence electrons. The first kappa shape index (κ1) is 18.0. The molecule has 0 unspecified atom stereocenters. The van der Waals surface area contributed by atoms with Crippen LogP contribution in [-0.2, 0) is 20.2 Å². The second kappa shape index (κ2) is 6.29. The molecule has 0 N–H and O–H groups in total. The van der Waals surface area contributed by atoms with Crippen molar-refractivity contribution in [2.75, 3.05) is 20.8 Å². The summed E-state index contributed by atoms with van der Waals surface area (Å²) in [5.74, 6) is -10.9. The fourth-order valence-corrected chi connectivity index (χ4v) is 2.58. The lowest BCUT2D eigenvalue weighted by molar-refractivity contribution is -0.166. The molecule has 9 heteroatoms. The Kier molecular flexibility index (Phi) is 4.73. The number of hydrogen-bond acceptors (Lipinski definition) is 4. The number of methoxy groups -OCH3 is 2. The summed E-state index contributed by atoms with van der Waals surface area (Å²) in [4.78, 5) is 24.0.